The van der Waals surface area contributed by atoms with Gasteiger partial charge in [0.25, 0.3) is 0 Å². The normalized spacial score (nSPS) is 11.3. The van der Waals surface area contributed by atoms with Crippen molar-refractivity contribution in [3.63, 3.8) is 0 Å². The predicted octanol–water partition coefficient (Wildman–Crippen LogP) is 3.81. The lowest BCUT2D eigenvalue weighted by Gasteiger charge is -1.95. The molecule has 0 aliphatic rings. The van der Waals surface area contributed by atoms with Gasteiger partial charge >= 0.3 is 0 Å². The van der Waals surface area contributed by atoms with Gasteiger partial charge in [0.05, 0.1) is 0 Å². The van der Waals surface area contributed by atoms with E-state index >= 15 is 0 Å². The molecule has 0 radical (unpaired) electrons. The van der Waals surface area contributed by atoms with Crippen LogP contribution in [0.2, 0.25) is 0 Å². The Morgan fingerprint density at radius 3 is 2.35 bits per heavy atom. The average molecular weight is 223 g/mol. The fourth-order valence-corrected chi connectivity index (χ4v) is 1.41. The molecule has 0 aliphatic heterocycles. The number of para-hydroxylation sites is 2. The Morgan fingerprint density at radius 1 is 0.882 bits per heavy atom. The van der Waals surface area contributed by atoms with Gasteiger partial charge in [0.1, 0.15) is 11.4 Å². The first-order chi connectivity index (χ1) is 8.36. The predicted molar refractivity (Wildman–Crippen MR) is 71.7 cm³/mol. The van der Waals surface area contributed by atoms with Gasteiger partial charge < -0.3 is 5.11 Å². The number of rotatable bonds is 3. The lowest BCUT2D eigenvalue weighted by molar-refractivity contribution is 0.477. The minimum absolute atomic E-state index is 0.192. The second-order valence-electron chi connectivity index (χ2n) is 3.54. The summed E-state index contributed by atoms with van der Waals surface area (Å²) in [6.45, 7) is 0. The molecule has 2 rings (SSSR count). The van der Waals surface area contributed by atoms with Crippen LogP contribution in [0, 0.1) is 0 Å². The summed E-state index contributed by atoms with van der Waals surface area (Å²) in [5, 5.41) is 9.49. The molecule has 0 aliphatic carbocycles. The Hall–Kier alpha value is -2.35. The van der Waals surface area contributed by atoms with Crippen LogP contribution in [0.4, 0.5) is 5.69 Å². The summed E-state index contributed by atoms with van der Waals surface area (Å²) in [6, 6.07) is 17.0. The minimum Gasteiger partial charge on any atom is -0.506 e. The van der Waals surface area contributed by atoms with Crippen LogP contribution in [0.1, 0.15) is 5.56 Å². The van der Waals surface area contributed by atoms with Crippen molar-refractivity contribution in [2.75, 3.05) is 0 Å². The molecular weight excluding hydrogens is 210 g/mol. The first kappa shape index (κ1) is 11.1. The first-order valence-electron chi connectivity index (χ1n) is 5.40. The number of allylic oxidation sites excluding steroid dienone is 1. The van der Waals surface area contributed by atoms with Gasteiger partial charge in [0.2, 0.25) is 0 Å². The molecule has 1 N–H and O–H groups in total. The Morgan fingerprint density at radius 2 is 1.59 bits per heavy atom. The van der Waals surface area contributed by atoms with Crippen molar-refractivity contribution >= 4 is 18.0 Å². The summed E-state index contributed by atoms with van der Waals surface area (Å²) >= 11 is 0. The molecule has 84 valence electrons. The summed E-state index contributed by atoms with van der Waals surface area (Å²) in [7, 11) is 0. The van der Waals surface area contributed by atoms with Gasteiger partial charge in [-0.3, -0.25) is 4.99 Å². The van der Waals surface area contributed by atoms with Crippen molar-refractivity contribution in [3.05, 3.63) is 66.2 Å². The zero-order valence-corrected chi connectivity index (χ0v) is 9.32. The standard InChI is InChI=1S/C15H13NO/c17-15-11-5-4-10-14(15)16-12-6-9-13-7-2-1-3-8-13/h1-12,17H/b9-6-,16-12?. The topological polar surface area (TPSA) is 32.6 Å². The molecule has 0 saturated heterocycles. The van der Waals surface area contributed by atoms with Crippen LogP contribution in [-0.4, -0.2) is 11.3 Å². The second kappa shape index (κ2) is 5.66. The fourth-order valence-electron chi connectivity index (χ4n) is 1.41. The largest absolute Gasteiger partial charge is 0.506 e. The quantitative estimate of drug-likeness (QED) is 0.788. The molecule has 0 heterocycles. The number of nitrogens with zero attached hydrogens (tertiary/aromatic N) is 1. The number of benzene rings is 2. The van der Waals surface area contributed by atoms with Crippen molar-refractivity contribution in [2.45, 2.75) is 0 Å². The van der Waals surface area contributed by atoms with Crippen LogP contribution >= 0.6 is 0 Å². The molecule has 0 amide bonds. The summed E-state index contributed by atoms with van der Waals surface area (Å²) in [5.74, 6) is 0.192. The second-order valence-corrected chi connectivity index (χ2v) is 3.54. The maximum absolute atomic E-state index is 9.49. The number of phenolic OH excluding ortho intramolecular Hbond substituents is 1. The maximum atomic E-state index is 9.49. The van der Waals surface area contributed by atoms with Crippen LogP contribution in [0.25, 0.3) is 6.08 Å². The third-order valence-electron chi connectivity index (χ3n) is 2.27. The summed E-state index contributed by atoms with van der Waals surface area (Å²) in [5.41, 5.74) is 1.70. The number of hydrogen-bond acceptors (Lipinski definition) is 2. The van der Waals surface area contributed by atoms with Crippen molar-refractivity contribution in [1.82, 2.24) is 0 Å². The van der Waals surface area contributed by atoms with Gasteiger partial charge in [-0.2, -0.15) is 0 Å². The van der Waals surface area contributed by atoms with E-state index in [0.29, 0.717) is 5.69 Å². The monoisotopic (exact) mass is 223 g/mol. The van der Waals surface area contributed by atoms with Crippen molar-refractivity contribution in [1.29, 1.82) is 0 Å². The molecule has 0 bridgehead atoms. The van der Waals surface area contributed by atoms with E-state index in [1.165, 1.54) is 0 Å². The van der Waals surface area contributed by atoms with Gasteiger partial charge in [0, 0.05) is 6.21 Å². The average Bonchev–Trinajstić information content (AvgIpc) is 2.38. The van der Waals surface area contributed by atoms with Crippen LogP contribution in [0.3, 0.4) is 0 Å². The van der Waals surface area contributed by atoms with Crippen LogP contribution in [-0.2, 0) is 0 Å². The molecule has 2 heteroatoms. The number of aliphatic imine (C=N–C) groups is 1. The minimum atomic E-state index is 0.192. The molecule has 2 nitrogen and oxygen atoms in total. The lowest BCUT2D eigenvalue weighted by atomic mass is 10.2. The van der Waals surface area contributed by atoms with E-state index in [2.05, 4.69) is 4.99 Å². The first-order valence-corrected chi connectivity index (χ1v) is 5.40. The van der Waals surface area contributed by atoms with Crippen LogP contribution < -0.4 is 0 Å². The van der Waals surface area contributed by atoms with Crippen molar-refractivity contribution in [3.8, 4) is 5.75 Å². The molecular formula is C15H13NO. The number of phenols is 1. The molecule has 0 saturated carbocycles. The lowest BCUT2D eigenvalue weighted by Crippen LogP contribution is -1.71. The Kier molecular flexibility index (Phi) is 3.71. The summed E-state index contributed by atoms with van der Waals surface area (Å²) in [6.07, 6.45) is 5.48. The van der Waals surface area contributed by atoms with Gasteiger partial charge in [-0.1, -0.05) is 48.5 Å². The zero-order chi connectivity index (χ0) is 11.9. The van der Waals surface area contributed by atoms with Crippen LogP contribution in [0.5, 0.6) is 5.75 Å². The molecule has 17 heavy (non-hydrogen) atoms. The SMILES string of the molecule is Oc1ccccc1N=C/C=C\c1ccccc1. The number of hydrogen-bond donors (Lipinski definition) is 1. The highest BCUT2D eigenvalue weighted by Gasteiger charge is 1.93. The summed E-state index contributed by atoms with van der Waals surface area (Å²) in [4.78, 5) is 4.16. The van der Waals surface area contributed by atoms with Gasteiger partial charge in [0.15, 0.2) is 0 Å². The molecule has 2 aromatic rings. The Balaban J connectivity index is 2.04. The van der Waals surface area contributed by atoms with E-state index in [0.717, 1.165) is 5.56 Å². The molecule has 0 aromatic heterocycles. The van der Waals surface area contributed by atoms with E-state index in [4.69, 9.17) is 0 Å². The summed E-state index contributed by atoms with van der Waals surface area (Å²) < 4.78 is 0. The Labute approximate surface area is 101 Å². The Bertz CT molecular complexity index is 530. The third-order valence-corrected chi connectivity index (χ3v) is 2.27. The smallest absolute Gasteiger partial charge is 0.141 e. The van der Waals surface area contributed by atoms with Crippen LogP contribution in [0.15, 0.2) is 65.7 Å². The van der Waals surface area contributed by atoms with E-state index in [-0.39, 0.29) is 5.75 Å². The van der Waals surface area contributed by atoms with Crippen molar-refractivity contribution in [2.24, 2.45) is 4.99 Å². The highest BCUT2D eigenvalue weighted by atomic mass is 16.3. The van der Waals surface area contributed by atoms with E-state index in [1.54, 1.807) is 24.4 Å². The highest BCUT2D eigenvalue weighted by molar-refractivity contribution is 5.81. The van der Waals surface area contributed by atoms with E-state index in [1.807, 2.05) is 48.6 Å². The molecule has 0 unspecified atom stereocenters. The molecule has 0 spiro atoms. The van der Waals surface area contributed by atoms with Gasteiger partial charge in [-0.25, -0.2) is 0 Å². The highest BCUT2D eigenvalue weighted by Crippen LogP contribution is 2.24. The molecule has 2 aromatic carbocycles. The van der Waals surface area contributed by atoms with Gasteiger partial charge in [-0.05, 0) is 23.8 Å². The van der Waals surface area contributed by atoms with E-state index in [9.17, 15) is 5.11 Å². The third kappa shape index (κ3) is 3.31. The maximum Gasteiger partial charge on any atom is 0.141 e. The van der Waals surface area contributed by atoms with E-state index < -0.39 is 0 Å². The fraction of sp³-hybridized carbons (Fsp3) is 0. The molecule has 0 atom stereocenters. The molecule has 0 fully saturated rings. The van der Waals surface area contributed by atoms with Crippen molar-refractivity contribution < 1.29 is 5.11 Å². The zero-order valence-electron chi connectivity index (χ0n) is 9.32. The number of aromatic hydroxyl groups is 1. The van der Waals surface area contributed by atoms with Gasteiger partial charge in [-0.15, -0.1) is 0 Å².